The fraction of sp³-hybridized carbons (Fsp3) is 0.308. The zero-order chi connectivity index (χ0) is 11.0. The number of benzene rings is 1. The summed E-state index contributed by atoms with van der Waals surface area (Å²) in [6, 6.07) is 8.91. The van der Waals surface area contributed by atoms with E-state index < -0.39 is 0 Å². The van der Waals surface area contributed by atoms with E-state index in [1.54, 1.807) is 11.3 Å². The lowest BCUT2D eigenvalue weighted by molar-refractivity contribution is -0.655. The molecule has 2 aromatic rings. The Bertz CT molecular complexity index is 499. The van der Waals surface area contributed by atoms with Gasteiger partial charge in [0.1, 0.15) is 18.8 Å². The highest BCUT2D eigenvalue weighted by Crippen LogP contribution is 2.25. The SMILES string of the molecule is CCc1ccc(-c2csc3[n+]2CCN3)cc1. The van der Waals surface area contributed by atoms with Gasteiger partial charge in [0.2, 0.25) is 0 Å². The van der Waals surface area contributed by atoms with E-state index >= 15 is 0 Å². The van der Waals surface area contributed by atoms with Crippen LogP contribution in [0.3, 0.4) is 0 Å². The molecule has 1 aromatic heterocycles. The Hall–Kier alpha value is -1.35. The van der Waals surface area contributed by atoms with E-state index in [9.17, 15) is 0 Å². The zero-order valence-electron chi connectivity index (χ0n) is 9.36. The van der Waals surface area contributed by atoms with Gasteiger partial charge in [0.25, 0.3) is 0 Å². The van der Waals surface area contributed by atoms with Gasteiger partial charge in [0, 0.05) is 10.9 Å². The Morgan fingerprint density at radius 2 is 2.12 bits per heavy atom. The van der Waals surface area contributed by atoms with Crippen LogP contribution in [0.1, 0.15) is 12.5 Å². The van der Waals surface area contributed by atoms with E-state index in [-0.39, 0.29) is 0 Å². The van der Waals surface area contributed by atoms with Crippen LogP contribution >= 0.6 is 11.3 Å². The summed E-state index contributed by atoms with van der Waals surface area (Å²) in [7, 11) is 0. The van der Waals surface area contributed by atoms with Gasteiger partial charge in [-0.1, -0.05) is 42.5 Å². The van der Waals surface area contributed by atoms with Crippen molar-refractivity contribution < 1.29 is 4.57 Å². The van der Waals surface area contributed by atoms with Crippen molar-refractivity contribution in [3.63, 3.8) is 0 Å². The molecule has 0 atom stereocenters. The third kappa shape index (κ3) is 1.52. The average Bonchev–Trinajstić information content (AvgIpc) is 2.91. The number of nitrogens with zero attached hydrogens (tertiary/aromatic N) is 1. The Morgan fingerprint density at radius 1 is 1.31 bits per heavy atom. The quantitative estimate of drug-likeness (QED) is 0.786. The van der Waals surface area contributed by atoms with Crippen LogP contribution in [0.5, 0.6) is 0 Å². The predicted octanol–water partition coefficient (Wildman–Crippen LogP) is 2.69. The molecule has 0 fully saturated rings. The maximum Gasteiger partial charge on any atom is 0.334 e. The molecule has 1 aromatic carbocycles. The molecule has 0 saturated carbocycles. The van der Waals surface area contributed by atoms with Gasteiger partial charge < -0.3 is 0 Å². The lowest BCUT2D eigenvalue weighted by atomic mass is 10.1. The van der Waals surface area contributed by atoms with E-state index in [1.165, 1.54) is 22.0 Å². The van der Waals surface area contributed by atoms with E-state index in [2.05, 4.69) is 46.5 Å². The third-order valence-electron chi connectivity index (χ3n) is 3.09. The molecule has 0 aliphatic carbocycles. The minimum Gasteiger partial charge on any atom is -0.261 e. The number of hydrogen-bond donors (Lipinski definition) is 1. The smallest absolute Gasteiger partial charge is 0.261 e. The molecule has 0 amide bonds. The van der Waals surface area contributed by atoms with Crippen LogP contribution in [0.15, 0.2) is 29.6 Å². The first kappa shape index (κ1) is 9.85. The van der Waals surface area contributed by atoms with Gasteiger partial charge in [0.05, 0.1) is 0 Å². The first-order valence-electron chi connectivity index (χ1n) is 5.73. The van der Waals surface area contributed by atoms with Gasteiger partial charge in [0.15, 0.2) is 0 Å². The summed E-state index contributed by atoms with van der Waals surface area (Å²) in [4.78, 5) is 0. The second kappa shape index (κ2) is 3.91. The Kier molecular flexibility index (Phi) is 2.40. The van der Waals surface area contributed by atoms with Gasteiger partial charge in [-0.05, 0) is 12.0 Å². The fourth-order valence-electron chi connectivity index (χ4n) is 2.12. The molecule has 0 bridgehead atoms. The molecule has 0 unspecified atom stereocenters. The van der Waals surface area contributed by atoms with Crippen LogP contribution in [-0.4, -0.2) is 6.54 Å². The number of aryl methyl sites for hydroxylation is 1. The Labute approximate surface area is 99.6 Å². The van der Waals surface area contributed by atoms with Crippen molar-refractivity contribution in [1.29, 1.82) is 0 Å². The summed E-state index contributed by atoms with van der Waals surface area (Å²) in [5.41, 5.74) is 4.06. The van der Waals surface area contributed by atoms with E-state index in [1.807, 2.05) is 0 Å². The van der Waals surface area contributed by atoms with Crippen LogP contribution in [0.4, 0.5) is 5.13 Å². The van der Waals surface area contributed by atoms with Gasteiger partial charge in [-0.25, -0.2) is 4.57 Å². The molecule has 3 rings (SSSR count). The van der Waals surface area contributed by atoms with Crippen molar-refractivity contribution in [3.05, 3.63) is 35.2 Å². The van der Waals surface area contributed by atoms with E-state index in [0.717, 1.165) is 19.5 Å². The number of aromatic nitrogens is 1. The molecule has 0 radical (unpaired) electrons. The zero-order valence-corrected chi connectivity index (χ0v) is 10.2. The molecule has 0 spiro atoms. The second-order valence-electron chi connectivity index (χ2n) is 4.05. The molecule has 82 valence electrons. The van der Waals surface area contributed by atoms with Gasteiger partial charge >= 0.3 is 5.13 Å². The molecular weight excluding hydrogens is 216 g/mol. The number of thiazole rings is 1. The maximum absolute atomic E-state index is 3.39. The summed E-state index contributed by atoms with van der Waals surface area (Å²) in [5, 5.41) is 6.92. The number of rotatable bonds is 2. The molecule has 16 heavy (non-hydrogen) atoms. The van der Waals surface area contributed by atoms with Gasteiger partial charge in [-0.3, -0.25) is 5.32 Å². The monoisotopic (exact) mass is 231 g/mol. The van der Waals surface area contributed by atoms with Crippen molar-refractivity contribution in [3.8, 4) is 11.3 Å². The Balaban J connectivity index is 2.01. The standard InChI is InChI=1S/C13H14N2S/c1-2-10-3-5-11(6-4-10)12-9-16-13-14-7-8-15(12)13/h3-6,9H,2,7-8H2,1H3/p+1. The van der Waals surface area contributed by atoms with Crippen molar-refractivity contribution in [2.45, 2.75) is 19.9 Å². The lowest BCUT2D eigenvalue weighted by Crippen LogP contribution is -2.30. The predicted molar refractivity (Wildman–Crippen MR) is 67.8 cm³/mol. The van der Waals surface area contributed by atoms with Crippen molar-refractivity contribution in [1.82, 2.24) is 0 Å². The molecule has 1 aliphatic rings. The van der Waals surface area contributed by atoms with Gasteiger partial charge in [-0.2, -0.15) is 0 Å². The van der Waals surface area contributed by atoms with E-state index in [4.69, 9.17) is 0 Å². The molecule has 3 heteroatoms. The first-order valence-corrected chi connectivity index (χ1v) is 6.61. The van der Waals surface area contributed by atoms with Crippen LogP contribution in [0.25, 0.3) is 11.3 Å². The lowest BCUT2D eigenvalue weighted by Gasteiger charge is -2.00. The van der Waals surface area contributed by atoms with Crippen molar-refractivity contribution in [2.24, 2.45) is 0 Å². The van der Waals surface area contributed by atoms with Crippen LogP contribution in [-0.2, 0) is 13.0 Å². The fourth-order valence-corrected chi connectivity index (χ4v) is 3.11. The summed E-state index contributed by atoms with van der Waals surface area (Å²) >= 11 is 1.80. The van der Waals surface area contributed by atoms with Gasteiger partial charge in [-0.15, -0.1) is 0 Å². The minimum absolute atomic E-state index is 1.06. The van der Waals surface area contributed by atoms with Crippen LogP contribution in [0.2, 0.25) is 0 Å². The number of anilines is 1. The normalized spacial score (nSPS) is 13.6. The number of hydrogen-bond acceptors (Lipinski definition) is 2. The van der Waals surface area contributed by atoms with Crippen molar-refractivity contribution in [2.75, 3.05) is 11.9 Å². The molecular formula is C13H15N2S+. The van der Waals surface area contributed by atoms with Crippen LogP contribution in [0, 0.1) is 0 Å². The minimum atomic E-state index is 1.06. The molecule has 0 saturated heterocycles. The van der Waals surface area contributed by atoms with E-state index in [0.29, 0.717) is 0 Å². The molecule has 2 nitrogen and oxygen atoms in total. The highest BCUT2D eigenvalue weighted by molar-refractivity contribution is 7.13. The molecule has 1 aliphatic heterocycles. The molecule has 2 heterocycles. The highest BCUT2D eigenvalue weighted by atomic mass is 32.1. The Morgan fingerprint density at radius 3 is 2.88 bits per heavy atom. The summed E-state index contributed by atoms with van der Waals surface area (Å²) < 4.78 is 2.37. The highest BCUT2D eigenvalue weighted by Gasteiger charge is 2.23. The topological polar surface area (TPSA) is 15.9 Å². The maximum atomic E-state index is 3.39. The summed E-state index contributed by atoms with van der Waals surface area (Å²) in [5.74, 6) is 0. The summed E-state index contributed by atoms with van der Waals surface area (Å²) in [6.45, 7) is 4.34. The number of nitrogens with one attached hydrogen (secondary N) is 1. The number of fused-ring (bicyclic) bond motifs is 1. The summed E-state index contributed by atoms with van der Waals surface area (Å²) in [6.07, 6.45) is 1.11. The second-order valence-corrected chi connectivity index (χ2v) is 4.91. The van der Waals surface area contributed by atoms with Crippen LogP contribution < -0.4 is 9.88 Å². The first-order chi connectivity index (χ1) is 7.88. The molecule has 1 N–H and O–H groups in total. The van der Waals surface area contributed by atoms with Crippen molar-refractivity contribution >= 4 is 16.5 Å². The largest absolute Gasteiger partial charge is 0.334 e. The third-order valence-corrected chi connectivity index (χ3v) is 4.02. The average molecular weight is 231 g/mol.